The van der Waals surface area contributed by atoms with Gasteiger partial charge in [0.15, 0.2) is 11.5 Å². The normalized spacial score (nSPS) is 20.1. The molecule has 7 nitrogen and oxygen atoms in total. The number of aliphatic hydroxyl groups excluding tert-OH is 1. The lowest BCUT2D eigenvalue weighted by molar-refractivity contribution is 0.0384. The third-order valence-corrected chi connectivity index (χ3v) is 6.11. The molecule has 0 radical (unpaired) electrons. The van der Waals surface area contributed by atoms with Crippen molar-refractivity contribution in [2.45, 2.75) is 44.8 Å². The average Bonchev–Trinajstić information content (AvgIpc) is 2.78. The van der Waals surface area contributed by atoms with Gasteiger partial charge in [-0.05, 0) is 43.6 Å². The molecular weight excluding hydrogens is 394 g/mol. The highest BCUT2D eigenvalue weighted by molar-refractivity contribution is 5.43. The number of hydrogen-bond acceptors (Lipinski definition) is 7. The minimum Gasteiger partial charge on any atom is -0.493 e. The zero-order chi connectivity index (χ0) is 21.7. The number of ether oxygens (including phenoxy) is 3. The number of aliphatic hydroxyl groups is 1. The molecule has 31 heavy (non-hydrogen) atoms. The number of hydrogen-bond donors (Lipinski definition) is 2. The van der Waals surface area contributed by atoms with Gasteiger partial charge in [0.05, 0.1) is 20.3 Å². The number of β-amino-alcohol motifs (C(OH)–C–C–N with tert-alkyl or cyclic N) is 1. The lowest BCUT2D eigenvalue weighted by atomic mass is 10.1. The van der Waals surface area contributed by atoms with Crippen molar-refractivity contribution in [1.82, 2.24) is 15.1 Å². The maximum Gasteiger partial charge on any atom is 0.161 e. The Balaban J connectivity index is 1.42. The van der Waals surface area contributed by atoms with Crippen LogP contribution in [0.15, 0.2) is 18.2 Å². The molecule has 0 saturated carbocycles. The van der Waals surface area contributed by atoms with Gasteiger partial charge in [0.1, 0.15) is 12.7 Å². The average molecular weight is 436 g/mol. The minimum absolute atomic E-state index is 0.279. The van der Waals surface area contributed by atoms with E-state index >= 15 is 0 Å². The first kappa shape index (κ1) is 24.3. The van der Waals surface area contributed by atoms with Crippen LogP contribution in [0.5, 0.6) is 11.5 Å². The fraction of sp³-hybridized carbons (Fsp3) is 0.750. The van der Waals surface area contributed by atoms with Gasteiger partial charge in [-0.15, -0.1) is 0 Å². The van der Waals surface area contributed by atoms with Crippen LogP contribution in [0.3, 0.4) is 0 Å². The summed E-state index contributed by atoms with van der Waals surface area (Å²) in [6.07, 6.45) is 5.89. The number of nitrogens with one attached hydrogen (secondary N) is 1. The van der Waals surface area contributed by atoms with Crippen molar-refractivity contribution < 1.29 is 19.3 Å². The van der Waals surface area contributed by atoms with Crippen LogP contribution in [-0.4, -0.2) is 93.8 Å². The number of benzene rings is 1. The molecule has 0 unspecified atom stereocenters. The Morgan fingerprint density at radius 2 is 1.74 bits per heavy atom. The molecule has 0 amide bonds. The standard InChI is InChI=1S/C24H41N3O4/c1-29-23-8-7-21(18-25-9-12-26-13-15-30-16-14-26)17-24(23)31-20-22(28)19-27-10-5-3-2-4-6-11-27/h7-8,17,22,25,28H,2-6,9-16,18-20H2,1H3/t22-/m1/s1. The first-order valence-corrected chi connectivity index (χ1v) is 12.0. The largest absolute Gasteiger partial charge is 0.493 e. The summed E-state index contributed by atoms with van der Waals surface area (Å²) in [5.74, 6) is 1.40. The maximum absolute atomic E-state index is 10.5. The van der Waals surface area contributed by atoms with Gasteiger partial charge < -0.3 is 29.5 Å². The van der Waals surface area contributed by atoms with Crippen molar-refractivity contribution in [3.05, 3.63) is 23.8 Å². The smallest absolute Gasteiger partial charge is 0.161 e. The Morgan fingerprint density at radius 3 is 2.48 bits per heavy atom. The molecule has 176 valence electrons. The summed E-state index contributed by atoms with van der Waals surface area (Å²) in [5, 5.41) is 14.0. The van der Waals surface area contributed by atoms with Crippen LogP contribution in [0.4, 0.5) is 0 Å². The van der Waals surface area contributed by atoms with Gasteiger partial charge in [-0.25, -0.2) is 0 Å². The molecule has 1 aromatic carbocycles. The molecule has 0 bridgehead atoms. The first-order chi connectivity index (χ1) is 15.2. The number of rotatable bonds is 11. The van der Waals surface area contributed by atoms with Crippen molar-refractivity contribution in [2.24, 2.45) is 0 Å². The van der Waals surface area contributed by atoms with Crippen LogP contribution in [0, 0.1) is 0 Å². The number of methoxy groups -OCH3 is 1. The van der Waals surface area contributed by atoms with Crippen LogP contribution in [0.2, 0.25) is 0 Å². The summed E-state index contributed by atoms with van der Waals surface area (Å²) >= 11 is 0. The Kier molecular flexibility index (Phi) is 10.9. The van der Waals surface area contributed by atoms with Gasteiger partial charge >= 0.3 is 0 Å². The van der Waals surface area contributed by atoms with E-state index in [1.807, 2.05) is 12.1 Å². The highest BCUT2D eigenvalue weighted by atomic mass is 16.5. The number of likely N-dealkylation sites (tertiary alicyclic amines) is 1. The maximum atomic E-state index is 10.5. The molecule has 2 N–H and O–H groups in total. The van der Waals surface area contributed by atoms with E-state index in [-0.39, 0.29) is 6.61 Å². The lowest BCUT2D eigenvalue weighted by Gasteiger charge is -2.27. The highest BCUT2D eigenvalue weighted by Crippen LogP contribution is 2.28. The molecule has 3 rings (SSSR count). The van der Waals surface area contributed by atoms with Crippen molar-refractivity contribution in [2.75, 3.05) is 72.7 Å². The number of morpholine rings is 1. The summed E-state index contributed by atoms with van der Waals surface area (Å²) in [7, 11) is 1.65. The Bertz CT molecular complexity index is 617. The van der Waals surface area contributed by atoms with Gasteiger partial charge in [0, 0.05) is 39.3 Å². The lowest BCUT2D eigenvalue weighted by Crippen LogP contribution is -2.40. The van der Waals surface area contributed by atoms with Gasteiger partial charge in [-0.1, -0.05) is 25.3 Å². The van der Waals surface area contributed by atoms with Crippen LogP contribution in [-0.2, 0) is 11.3 Å². The molecule has 0 aliphatic carbocycles. The van der Waals surface area contributed by atoms with Crippen molar-refractivity contribution in [1.29, 1.82) is 0 Å². The molecule has 2 fully saturated rings. The second kappa shape index (κ2) is 13.9. The quantitative estimate of drug-likeness (QED) is 0.516. The van der Waals surface area contributed by atoms with Gasteiger partial charge in [0.25, 0.3) is 0 Å². The zero-order valence-electron chi connectivity index (χ0n) is 19.2. The molecule has 2 heterocycles. The van der Waals surface area contributed by atoms with E-state index in [9.17, 15) is 5.11 Å². The van der Waals surface area contributed by atoms with E-state index in [1.165, 1.54) is 32.1 Å². The van der Waals surface area contributed by atoms with Crippen molar-refractivity contribution in [3.8, 4) is 11.5 Å². The summed E-state index contributed by atoms with van der Waals surface area (Å²) in [4.78, 5) is 4.80. The predicted octanol–water partition coefficient (Wildman–Crippen LogP) is 2.12. The van der Waals surface area contributed by atoms with Crippen molar-refractivity contribution >= 4 is 0 Å². The second-order valence-corrected chi connectivity index (χ2v) is 8.65. The molecular formula is C24H41N3O4. The second-order valence-electron chi connectivity index (χ2n) is 8.65. The van der Waals surface area contributed by atoms with E-state index in [1.54, 1.807) is 7.11 Å². The van der Waals surface area contributed by atoms with Gasteiger partial charge in [0.2, 0.25) is 0 Å². The van der Waals surface area contributed by atoms with Crippen LogP contribution < -0.4 is 14.8 Å². The van der Waals surface area contributed by atoms with Crippen LogP contribution >= 0.6 is 0 Å². The van der Waals surface area contributed by atoms with Gasteiger partial charge in [-0.2, -0.15) is 0 Å². The fourth-order valence-corrected chi connectivity index (χ4v) is 4.27. The Morgan fingerprint density at radius 1 is 1.00 bits per heavy atom. The summed E-state index contributed by atoms with van der Waals surface area (Å²) < 4.78 is 16.8. The molecule has 7 heteroatoms. The molecule has 1 aromatic rings. The van der Waals surface area contributed by atoms with Crippen LogP contribution in [0.1, 0.15) is 37.7 Å². The van der Waals surface area contributed by atoms with Gasteiger partial charge in [-0.3, -0.25) is 4.90 Å². The van der Waals surface area contributed by atoms with E-state index < -0.39 is 6.10 Å². The molecule has 0 aromatic heterocycles. The highest BCUT2D eigenvalue weighted by Gasteiger charge is 2.15. The van der Waals surface area contributed by atoms with E-state index in [2.05, 4.69) is 21.2 Å². The van der Waals surface area contributed by atoms with E-state index in [0.29, 0.717) is 18.0 Å². The van der Waals surface area contributed by atoms with Crippen molar-refractivity contribution in [3.63, 3.8) is 0 Å². The topological polar surface area (TPSA) is 66.4 Å². The minimum atomic E-state index is -0.501. The fourth-order valence-electron chi connectivity index (χ4n) is 4.27. The summed E-state index contributed by atoms with van der Waals surface area (Å²) in [5.41, 5.74) is 1.15. The Labute approximate surface area is 187 Å². The predicted molar refractivity (Wildman–Crippen MR) is 123 cm³/mol. The van der Waals surface area contributed by atoms with Crippen LogP contribution in [0.25, 0.3) is 0 Å². The molecule has 2 aliphatic rings. The third-order valence-electron chi connectivity index (χ3n) is 6.11. The molecule has 1 atom stereocenters. The monoisotopic (exact) mass is 435 g/mol. The Hall–Kier alpha value is -1.38. The van der Waals surface area contributed by atoms with E-state index in [0.717, 1.165) is 64.6 Å². The van der Waals surface area contributed by atoms with E-state index in [4.69, 9.17) is 14.2 Å². The molecule has 0 spiro atoms. The number of nitrogens with zero attached hydrogens (tertiary/aromatic N) is 2. The zero-order valence-corrected chi connectivity index (χ0v) is 19.2. The first-order valence-electron chi connectivity index (χ1n) is 12.0. The molecule has 2 aliphatic heterocycles. The SMILES string of the molecule is COc1ccc(CNCCN2CCOCC2)cc1OC[C@H](O)CN1CCCCCCC1. The third kappa shape index (κ3) is 8.94. The summed E-state index contributed by atoms with van der Waals surface area (Å²) in [6, 6.07) is 6.02. The summed E-state index contributed by atoms with van der Waals surface area (Å²) in [6.45, 7) is 9.56. The molecule has 2 saturated heterocycles.